The van der Waals surface area contributed by atoms with Crippen LogP contribution in [0.15, 0.2) is 35.0 Å². The maximum absolute atomic E-state index is 13.5. The summed E-state index contributed by atoms with van der Waals surface area (Å²) in [5.41, 5.74) is 1.28. The lowest BCUT2D eigenvalue weighted by molar-refractivity contribution is 0.102. The van der Waals surface area contributed by atoms with Crippen LogP contribution in [0.3, 0.4) is 0 Å². The first kappa shape index (κ1) is 14.0. The zero-order chi connectivity index (χ0) is 15.7. The lowest BCUT2D eigenvalue weighted by atomic mass is 10.2. The summed E-state index contributed by atoms with van der Waals surface area (Å²) in [5, 5.41) is 9.43. The molecule has 0 saturated heterocycles. The van der Waals surface area contributed by atoms with Gasteiger partial charge in [0.2, 0.25) is 0 Å². The smallest absolute Gasteiger partial charge is 0.259 e. The van der Waals surface area contributed by atoms with Gasteiger partial charge in [0.1, 0.15) is 11.5 Å². The molecule has 22 heavy (non-hydrogen) atoms. The van der Waals surface area contributed by atoms with Crippen LogP contribution in [-0.4, -0.2) is 21.1 Å². The molecular formula is C15H13FN4O2. The number of anilines is 1. The molecule has 3 aromatic heterocycles. The second kappa shape index (κ2) is 5.44. The summed E-state index contributed by atoms with van der Waals surface area (Å²) in [6.07, 6.45) is 2.34. The van der Waals surface area contributed by atoms with Gasteiger partial charge < -0.3 is 9.73 Å². The predicted octanol–water partition coefficient (Wildman–Crippen LogP) is 3.07. The second-order valence-corrected chi connectivity index (χ2v) is 4.79. The normalized spacial score (nSPS) is 10.7. The number of nitrogens with zero attached hydrogens (tertiary/aromatic N) is 2. The zero-order valence-corrected chi connectivity index (χ0v) is 12.0. The number of aryl methyl sites for hydroxylation is 1. The van der Waals surface area contributed by atoms with Gasteiger partial charge in [0, 0.05) is 11.8 Å². The molecular weight excluding hydrogens is 287 g/mol. The van der Waals surface area contributed by atoms with Crippen molar-refractivity contribution in [2.24, 2.45) is 0 Å². The Balaban J connectivity index is 1.87. The number of hydrogen-bond acceptors (Lipinski definition) is 4. The highest BCUT2D eigenvalue weighted by atomic mass is 19.1. The Bertz CT molecular complexity index is 838. The Morgan fingerprint density at radius 2 is 2.14 bits per heavy atom. The summed E-state index contributed by atoms with van der Waals surface area (Å²) in [4.78, 5) is 15.7. The van der Waals surface area contributed by atoms with Gasteiger partial charge in [-0.05, 0) is 32.0 Å². The molecule has 112 valence electrons. The van der Waals surface area contributed by atoms with Gasteiger partial charge in [-0.3, -0.25) is 14.9 Å². The average molecular weight is 300 g/mol. The predicted molar refractivity (Wildman–Crippen MR) is 77.9 cm³/mol. The molecule has 0 radical (unpaired) electrons. The number of carbonyl (C=O) groups excluding carboxylic acids is 1. The van der Waals surface area contributed by atoms with Crippen LogP contribution >= 0.6 is 0 Å². The molecule has 0 bridgehead atoms. The molecule has 0 unspecified atom stereocenters. The van der Waals surface area contributed by atoms with E-state index in [9.17, 15) is 9.18 Å². The summed E-state index contributed by atoms with van der Waals surface area (Å²) in [7, 11) is 0. The minimum Gasteiger partial charge on any atom is -0.460 e. The standard InChI is InChI=1S/C15H13FN4O2/c1-8-3-4-12(22-8)13-9(2)14(20-19-13)18-15(21)10-5-6-17-7-11(10)16/h3-7H,1-2H3,(H2,18,19,20,21). The number of hydrogen-bond donors (Lipinski definition) is 2. The van der Waals surface area contributed by atoms with Crippen molar-refractivity contribution < 1.29 is 13.6 Å². The first-order valence-corrected chi connectivity index (χ1v) is 6.59. The lowest BCUT2D eigenvalue weighted by Gasteiger charge is -2.04. The summed E-state index contributed by atoms with van der Waals surface area (Å²) in [6, 6.07) is 4.95. The van der Waals surface area contributed by atoms with Crippen LogP contribution in [0, 0.1) is 19.7 Å². The fourth-order valence-corrected chi connectivity index (χ4v) is 2.06. The van der Waals surface area contributed by atoms with Gasteiger partial charge in [-0.15, -0.1) is 0 Å². The van der Waals surface area contributed by atoms with Crippen LogP contribution in [0.4, 0.5) is 10.2 Å². The van der Waals surface area contributed by atoms with E-state index in [-0.39, 0.29) is 5.56 Å². The summed E-state index contributed by atoms with van der Waals surface area (Å²) in [5.74, 6) is 0.448. The fourth-order valence-electron chi connectivity index (χ4n) is 2.06. The van der Waals surface area contributed by atoms with E-state index in [1.165, 1.54) is 12.3 Å². The van der Waals surface area contributed by atoms with E-state index >= 15 is 0 Å². The molecule has 0 fully saturated rings. The number of amides is 1. The molecule has 3 heterocycles. The Hall–Kier alpha value is -2.96. The van der Waals surface area contributed by atoms with Crippen molar-refractivity contribution in [3.63, 3.8) is 0 Å². The van der Waals surface area contributed by atoms with E-state index in [1.54, 1.807) is 6.92 Å². The molecule has 0 atom stereocenters. The fraction of sp³-hybridized carbons (Fsp3) is 0.133. The number of furan rings is 1. The van der Waals surface area contributed by atoms with E-state index in [1.807, 2.05) is 19.1 Å². The average Bonchev–Trinajstić information content (AvgIpc) is 3.06. The highest BCUT2D eigenvalue weighted by molar-refractivity contribution is 6.04. The third-order valence-corrected chi connectivity index (χ3v) is 3.25. The van der Waals surface area contributed by atoms with Gasteiger partial charge >= 0.3 is 0 Å². The number of pyridine rings is 1. The van der Waals surface area contributed by atoms with Crippen molar-refractivity contribution in [2.45, 2.75) is 13.8 Å². The topological polar surface area (TPSA) is 83.8 Å². The van der Waals surface area contributed by atoms with E-state index in [4.69, 9.17) is 4.42 Å². The number of aromatic amines is 1. The number of nitrogens with one attached hydrogen (secondary N) is 2. The number of rotatable bonds is 3. The number of carbonyl (C=O) groups is 1. The maximum Gasteiger partial charge on any atom is 0.259 e. The number of H-pyrrole nitrogens is 1. The summed E-state index contributed by atoms with van der Waals surface area (Å²) >= 11 is 0. The van der Waals surface area contributed by atoms with Crippen molar-refractivity contribution in [3.05, 3.63) is 53.3 Å². The Kier molecular flexibility index (Phi) is 3.46. The Labute approximate surface area is 125 Å². The molecule has 0 aliphatic heterocycles. The van der Waals surface area contributed by atoms with Gasteiger partial charge in [0.05, 0.1) is 11.8 Å². The third kappa shape index (κ3) is 2.48. The van der Waals surface area contributed by atoms with E-state index in [2.05, 4.69) is 20.5 Å². The number of aromatic nitrogens is 3. The first-order valence-electron chi connectivity index (χ1n) is 6.59. The molecule has 0 aliphatic carbocycles. The summed E-state index contributed by atoms with van der Waals surface area (Å²) < 4.78 is 19.1. The highest BCUT2D eigenvalue weighted by Gasteiger charge is 2.17. The van der Waals surface area contributed by atoms with Crippen molar-refractivity contribution in [1.29, 1.82) is 0 Å². The molecule has 6 nitrogen and oxygen atoms in total. The van der Waals surface area contributed by atoms with Crippen LogP contribution in [-0.2, 0) is 0 Å². The third-order valence-electron chi connectivity index (χ3n) is 3.25. The Morgan fingerprint density at radius 3 is 2.82 bits per heavy atom. The van der Waals surface area contributed by atoms with Gasteiger partial charge in [0.25, 0.3) is 5.91 Å². The van der Waals surface area contributed by atoms with Crippen LogP contribution in [0.5, 0.6) is 0 Å². The largest absolute Gasteiger partial charge is 0.460 e. The van der Waals surface area contributed by atoms with Crippen molar-refractivity contribution in [3.8, 4) is 11.5 Å². The molecule has 7 heteroatoms. The van der Waals surface area contributed by atoms with Gasteiger partial charge in [-0.25, -0.2) is 4.39 Å². The van der Waals surface area contributed by atoms with E-state index < -0.39 is 11.7 Å². The van der Waals surface area contributed by atoms with Crippen LogP contribution in [0.25, 0.3) is 11.5 Å². The zero-order valence-electron chi connectivity index (χ0n) is 12.0. The van der Waals surface area contributed by atoms with E-state index in [0.29, 0.717) is 22.8 Å². The van der Waals surface area contributed by atoms with Crippen LogP contribution < -0.4 is 5.32 Å². The van der Waals surface area contributed by atoms with Crippen molar-refractivity contribution in [2.75, 3.05) is 5.32 Å². The second-order valence-electron chi connectivity index (χ2n) is 4.79. The van der Waals surface area contributed by atoms with Gasteiger partial charge in [-0.1, -0.05) is 0 Å². The monoisotopic (exact) mass is 300 g/mol. The molecule has 0 saturated carbocycles. The van der Waals surface area contributed by atoms with Gasteiger partial charge in [0.15, 0.2) is 17.4 Å². The molecule has 3 aromatic rings. The molecule has 0 aromatic carbocycles. The molecule has 2 N–H and O–H groups in total. The lowest BCUT2D eigenvalue weighted by Crippen LogP contribution is -2.14. The van der Waals surface area contributed by atoms with Crippen molar-refractivity contribution in [1.82, 2.24) is 15.2 Å². The maximum atomic E-state index is 13.5. The highest BCUT2D eigenvalue weighted by Crippen LogP contribution is 2.27. The van der Waals surface area contributed by atoms with Crippen LogP contribution in [0.2, 0.25) is 0 Å². The first-order chi connectivity index (χ1) is 10.6. The molecule has 1 amide bonds. The van der Waals surface area contributed by atoms with Gasteiger partial charge in [-0.2, -0.15) is 5.10 Å². The molecule has 0 spiro atoms. The molecule has 0 aliphatic rings. The Morgan fingerprint density at radius 1 is 1.32 bits per heavy atom. The molecule has 3 rings (SSSR count). The van der Waals surface area contributed by atoms with Crippen molar-refractivity contribution >= 4 is 11.7 Å². The van der Waals surface area contributed by atoms with Crippen LogP contribution in [0.1, 0.15) is 21.7 Å². The summed E-state index contributed by atoms with van der Waals surface area (Å²) in [6.45, 7) is 3.62. The number of halogens is 1. The minimum absolute atomic E-state index is 0.0900. The van der Waals surface area contributed by atoms with E-state index in [0.717, 1.165) is 12.0 Å². The minimum atomic E-state index is -0.685. The quantitative estimate of drug-likeness (QED) is 0.778. The SMILES string of the molecule is Cc1ccc(-c2[nH]nc(NC(=O)c3ccncc3F)c2C)o1.